The Morgan fingerprint density at radius 2 is 2.31 bits per heavy atom. The van der Waals surface area contributed by atoms with E-state index < -0.39 is 0 Å². The van der Waals surface area contributed by atoms with Gasteiger partial charge in [0.25, 0.3) is 0 Å². The van der Waals surface area contributed by atoms with Gasteiger partial charge in [-0.2, -0.15) is 0 Å². The van der Waals surface area contributed by atoms with Crippen molar-refractivity contribution in [1.29, 1.82) is 0 Å². The number of ether oxygens (including phenoxy) is 1. The van der Waals surface area contributed by atoms with Crippen LogP contribution in [0.3, 0.4) is 0 Å². The highest BCUT2D eigenvalue weighted by atomic mass is 35.5. The van der Waals surface area contributed by atoms with Gasteiger partial charge in [-0.1, -0.05) is 11.6 Å². The zero-order chi connectivity index (χ0) is 11.5. The number of rotatable bonds is 3. The van der Waals surface area contributed by atoms with Gasteiger partial charge in [-0.05, 0) is 19.1 Å². The van der Waals surface area contributed by atoms with Gasteiger partial charge in [0.15, 0.2) is 0 Å². The Morgan fingerprint density at radius 3 is 2.94 bits per heavy atom. The van der Waals surface area contributed by atoms with Crippen LogP contribution in [0.25, 0.3) is 0 Å². The Labute approximate surface area is 103 Å². The topological polar surface area (TPSA) is 48.1 Å². The zero-order valence-electron chi connectivity index (χ0n) is 8.74. The molecule has 0 amide bonds. The Morgan fingerprint density at radius 1 is 1.50 bits per heavy atom. The SMILES string of the molecule is Cc1nc(COc2ccc(N)c(Cl)c2)cs1. The molecule has 0 atom stereocenters. The molecule has 1 aromatic heterocycles. The van der Waals surface area contributed by atoms with E-state index in [-0.39, 0.29) is 0 Å². The molecule has 5 heteroatoms. The maximum absolute atomic E-state index is 5.88. The van der Waals surface area contributed by atoms with Gasteiger partial charge in [0, 0.05) is 11.4 Å². The number of benzene rings is 1. The molecule has 0 aliphatic carbocycles. The molecule has 0 spiro atoms. The molecular formula is C11H11ClN2OS. The lowest BCUT2D eigenvalue weighted by Gasteiger charge is -2.05. The minimum Gasteiger partial charge on any atom is -0.487 e. The Bertz CT molecular complexity index is 498. The standard InChI is InChI=1S/C11H11ClN2OS/c1-7-14-8(6-16-7)5-15-9-2-3-11(13)10(12)4-9/h2-4,6H,5,13H2,1H3. The minimum atomic E-state index is 0.449. The van der Waals surface area contributed by atoms with Crippen LogP contribution in [-0.4, -0.2) is 4.98 Å². The molecule has 0 unspecified atom stereocenters. The molecule has 2 rings (SSSR count). The fraction of sp³-hybridized carbons (Fsp3) is 0.182. The second-order valence-corrected chi connectivity index (χ2v) is 4.80. The van der Waals surface area contributed by atoms with Crippen LogP contribution in [0.15, 0.2) is 23.6 Å². The molecule has 0 aliphatic rings. The highest BCUT2D eigenvalue weighted by Crippen LogP contribution is 2.24. The van der Waals surface area contributed by atoms with Crippen molar-refractivity contribution in [3.63, 3.8) is 0 Å². The van der Waals surface area contributed by atoms with Crippen molar-refractivity contribution in [3.8, 4) is 5.75 Å². The second-order valence-electron chi connectivity index (χ2n) is 3.33. The van der Waals surface area contributed by atoms with Crippen LogP contribution >= 0.6 is 22.9 Å². The van der Waals surface area contributed by atoms with Crippen LogP contribution in [0.4, 0.5) is 5.69 Å². The van der Waals surface area contributed by atoms with Crippen LogP contribution in [0, 0.1) is 6.92 Å². The maximum atomic E-state index is 5.88. The summed E-state index contributed by atoms with van der Waals surface area (Å²) in [6.45, 7) is 2.42. The first-order chi connectivity index (χ1) is 7.65. The van der Waals surface area contributed by atoms with Crippen LogP contribution < -0.4 is 10.5 Å². The van der Waals surface area contributed by atoms with E-state index in [1.54, 1.807) is 29.5 Å². The number of nitrogen functional groups attached to an aromatic ring is 1. The summed E-state index contributed by atoms with van der Waals surface area (Å²) in [7, 11) is 0. The molecule has 0 radical (unpaired) electrons. The van der Waals surface area contributed by atoms with Crippen LogP contribution in [-0.2, 0) is 6.61 Å². The predicted molar refractivity (Wildman–Crippen MR) is 67.0 cm³/mol. The molecular weight excluding hydrogens is 244 g/mol. The summed E-state index contributed by atoms with van der Waals surface area (Å²) >= 11 is 7.49. The number of hydrogen-bond donors (Lipinski definition) is 1. The van der Waals surface area contributed by atoms with Gasteiger partial charge in [0.05, 0.1) is 21.4 Å². The lowest BCUT2D eigenvalue weighted by atomic mass is 10.3. The maximum Gasteiger partial charge on any atom is 0.131 e. The molecule has 84 valence electrons. The molecule has 0 saturated heterocycles. The summed E-state index contributed by atoms with van der Waals surface area (Å²) in [4.78, 5) is 4.30. The van der Waals surface area contributed by atoms with Gasteiger partial charge >= 0.3 is 0 Å². The van der Waals surface area contributed by atoms with E-state index in [1.807, 2.05) is 12.3 Å². The number of halogens is 1. The molecule has 0 bridgehead atoms. The van der Waals surface area contributed by atoms with E-state index in [4.69, 9.17) is 22.1 Å². The lowest BCUT2D eigenvalue weighted by Crippen LogP contribution is -1.96. The monoisotopic (exact) mass is 254 g/mol. The van der Waals surface area contributed by atoms with Crippen molar-refractivity contribution in [2.75, 3.05) is 5.73 Å². The number of nitrogens with zero attached hydrogens (tertiary/aromatic N) is 1. The van der Waals surface area contributed by atoms with Crippen molar-refractivity contribution in [3.05, 3.63) is 39.3 Å². The third-order valence-corrected chi connectivity index (χ3v) is 3.17. The fourth-order valence-corrected chi connectivity index (χ4v) is 2.00. The average molecular weight is 255 g/mol. The first-order valence-corrected chi connectivity index (χ1v) is 6.00. The van der Waals surface area contributed by atoms with Gasteiger partial charge in [-0.25, -0.2) is 4.98 Å². The van der Waals surface area contributed by atoms with Crippen molar-refractivity contribution < 1.29 is 4.74 Å². The molecule has 3 nitrogen and oxygen atoms in total. The number of aryl methyl sites for hydroxylation is 1. The molecule has 1 heterocycles. The van der Waals surface area contributed by atoms with E-state index in [9.17, 15) is 0 Å². The van der Waals surface area contributed by atoms with Gasteiger partial charge < -0.3 is 10.5 Å². The molecule has 2 aromatic rings. The third kappa shape index (κ3) is 2.65. The van der Waals surface area contributed by atoms with E-state index >= 15 is 0 Å². The Hall–Kier alpha value is -1.26. The number of thiazole rings is 1. The van der Waals surface area contributed by atoms with Crippen molar-refractivity contribution in [1.82, 2.24) is 4.98 Å². The summed E-state index contributed by atoms with van der Waals surface area (Å²) in [5, 5.41) is 3.52. The number of hydrogen-bond acceptors (Lipinski definition) is 4. The summed E-state index contributed by atoms with van der Waals surface area (Å²) in [6, 6.07) is 5.22. The molecule has 0 saturated carbocycles. The van der Waals surface area contributed by atoms with E-state index in [2.05, 4.69) is 4.98 Å². The van der Waals surface area contributed by atoms with Crippen molar-refractivity contribution in [2.24, 2.45) is 0 Å². The average Bonchev–Trinajstić information content (AvgIpc) is 2.66. The largest absolute Gasteiger partial charge is 0.487 e. The van der Waals surface area contributed by atoms with E-state index in [0.717, 1.165) is 10.7 Å². The number of aromatic nitrogens is 1. The summed E-state index contributed by atoms with van der Waals surface area (Å²) < 4.78 is 5.55. The van der Waals surface area contributed by atoms with Crippen LogP contribution in [0.5, 0.6) is 5.75 Å². The fourth-order valence-electron chi connectivity index (χ4n) is 1.23. The highest BCUT2D eigenvalue weighted by Gasteiger charge is 2.02. The van der Waals surface area contributed by atoms with Gasteiger partial charge in [0.2, 0.25) is 0 Å². The first kappa shape index (κ1) is 11.2. The number of nitrogens with two attached hydrogens (primary N) is 1. The van der Waals surface area contributed by atoms with Gasteiger partial charge in [0.1, 0.15) is 12.4 Å². The third-order valence-electron chi connectivity index (χ3n) is 2.03. The summed E-state index contributed by atoms with van der Waals surface area (Å²) in [5.74, 6) is 0.699. The molecule has 16 heavy (non-hydrogen) atoms. The van der Waals surface area contributed by atoms with Gasteiger partial charge in [-0.3, -0.25) is 0 Å². The van der Waals surface area contributed by atoms with Crippen LogP contribution in [0.1, 0.15) is 10.7 Å². The van der Waals surface area contributed by atoms with Crippen molar-refractivity contribution in [2.45, 2.75) is 13.5 Å². The van der Waals surface area contributed by atoms with E-state index in [0.29, 0.717) is 23.1 Å². The zero-order valence-corrected chi connectivity index (χ0v) is 10.3. The predicted octanol–water partition coefficient (Wildman–Crippen LogP) is 3.27. The molecule has 0 fully saturated rings. The minimum absolute atomic E-state index is 0.449. The molecule has 0 aliphatic heterocycles. The molecule has 1 aromatic carbocycles. The first-order valence-electron chi connectivity index (χ1n) is 4.74. The highest BCUT2D eigenvalue weighted by molar-refractivity contribution is 7.09. The van der Waals surface area contributed by atoms with E-state index in [1.165, 1.54) is 0 Å². The smallest absolute Gasteiger partial charge is 0.131 e. The van der Waals surface area contributed by atoms with Crippen LogP contribution in [0.2, 0.25) is 5.02 Å². The summed E-state index contributed by atoms with van der Waals surface area (Å²) in [5.41, 5.74) is 7.08. The lowest BCUT2D eigenvalue weighted by molar-refractivity contribution is 0.302. The van der Waals surface area contributed by atoms with Gasteiger partial charge in [-0.15, -0.1) is 11.3 Å². The normalized spacial score (nSPS) is 10.4. The van der Waals surface area contributed by atoms with Crippen molar-refractivity contribution >= 4 is 28.6 Å². The quantitative estimate of drug-likeness (QED) is 0.856. The number of anilines is 1. The summed E-state index contributed by atoms with van der Waals surface area (Å²) in [6.07, 6.45) is 0. The Kier molecular flexibility index (Phi) is 3.31. The molecule has 2 N–H and O–H groups in total. The Balaban J connectivity index is 2.02. The second kappa shape index (κ2) is 4.72.